The van der Waals surface area contributed by atoms with Crippen molar-refractivity contribution < 1.29 is 23.1 Å². The van der Waals surface area contributed by atoms with Gasteiger partial charge in [0.25, 0.3) is 11.8 Å². The average Bonchev–Trinajstić information content (AvgIpc) is 3.31. The molecule has 9 heteroatoms. The van der Waals surface area contributed by atoms with E-state index in [-0.39, 0.29) is 11.7 Å². The molecule has 0 radical (unpaired) electrons. The molecular formula is C25H22F2N4O3. The first-order valence-electron chi connectivity index (χ1n) is 10.6. The molecule has 4 rings (SSSR count). The van der Waals surface area contributed by atoms with E-state index in [0.717, 1.165) is 11.0 Å². The second kappa shape index (κ2) is 10.1. The number of rotatable bonds is 8. The molecule has 0 aliphatic heterocycles. The van der Waals surface area contributed by atoms with Crippen LogP contribution in [0.15, 0.2) is 73.1 Å². The Morgan fingerprint density at radius 3 is 2.59 bits per heavy atom. The van der Waals surface area contributed by atoms with Gasteiger partial charge < -0.3 is 20.4 Å². The minimum absolute atomic E-state index is 0.0138. The number of halogens is 2. The number of fused-ring (bicyclic) bond motifs is 1. The van der Waals surface area contributed by atoms with Gasteiger partial charge in [-0.1, -0.05) is 31.2 Å². The molecule has 3 N–H and O–H groups in total. The molecule has 34 heavy (non-hydrogen) atoms. The Morgan fingerprint density at radius 2 is 1.79 bits per heavy atom. The lowest BCUT2D eigenvalue weighted by molar-refractivity contribution is -0.0507. The van der Waals surface area contributed by atoms with Crippen molar-refractivity contribution in [3.05, 3.63) is 89.7 Å². The van der Waals surface area contributed by atoms with E-state index in [1.807, 2.05) is 6.92 Å². The number of hydrogen-bond donors (Lipinski definition) is 3. The molecule has 1 unspecified atom stereocenters. The predicted octanol–water partition coefficient (Wildman–Crippen LogP) is 5.30. The summed E-state index contributed by atoms with van der Waals surface area (Å²) in [6.07, 6.45) is 2.01. The normalized spacial score (nSPS) is 11.9. The predicted molar refractivity (Wildman–Crippen MR) is 124 cm³/mol. The van der Waals surface area contributed by atoms with Crippen molar-refractivity contribution in [3.8, 4) is 5.75 Å². The van der Waals surface area contributed by atoms with Crippen LogP contribution in [0.2, 0.25) is 0 Å². The second-order valence-electron chi connectivity index (χ2n) is 7.52. The summed E-state index contributed by atoms with van der Waals surface area (Å²) < 4.78 is 30.2. The van der Waals surface area contributed by atoms with Crippen LogP contribution in [0.3, 0.4) is 0 Å². The van der Waals surface area contributed by atoms with Crippen LogP contribution in [0, 0.1) is 0 Å². The van der Waals surface area contributed by atoms with Crippen molar-refractivity contribution in [3.63, 3.8) is 0 Å². The number of para-hydroxylation sites is 1. The van der Waals surface area contributed by atoms with E-state index in [9.17, 15) is 18.4 Å². The van der Waals surface area contributed by atoms with Crippen molar-refractivity contribution in [2.75, 3.05) is 5.32 Å². The number of hydrogen-bond acceptors (Lipinski definition) is 4. The Hall–Kier alpha value is -4.27. The monoisotopic (exact) mass is 464 g/mol. The molecule has 1 heterocycles. The molecule has 0 spiro atoms. The quantitative estimate of drug-likeness (QED) is 0.330. The molecule has 2 amide bonds. The van der Waals surface area contributed by atoms with E-state index in [4.69, 9.17) is 0 Å². The van der Waals surface area contributed by atoms with Gasteiger partial charge >= 0.3 is 6.61 Å². The maximum absolute atomic E-state index is 12.9. The molecule has 3 aromatic carbocycles. The minimum Gasteiger partial charge on any atom is -0.434 e. The van der Waals surface area contributed by atoms with E-state index in [0.29, 0.717) is 28.8 Å². The summed E-state index contributed by atoms with van der Waals surface area (Å²) in [4.78, 5) is 32.7. The van der Waals surface area contributed by atoms with Crippen molar-refractivity contribution >= 4 is 28.5 Å². The third-order valence-electron chi connectivity index (χ3n) is 5.29. The first-order chi connectivity index (χ1) is 16.4. The van der Waals surface area contributed by atoms with Crippen LogP contribution < -0.4 is 15.4 Å². The van der Waals surface area contributed by atoms with Crippen molar-refractivity contribution in [2.45, 2.75) is 26.0 Å². The molecule has 0 saturated carbocycles. The zero-order valence-corrected chi connectivity index (χ0v) is 18.2. The van der Waals surface area contributed by atoms with Gasteiger partial charge in [-0.15, -0.1) is 0 Å². The van der Waals surface area contributed by atoms with E-state index in [2.05, 4.69) is 25.3 Å². The summed E-state index contributed by atoms with van der Waals surface area (Å²) in [5.41, 5.74) is 3.14. The lowest BCUT2D eigenvalue weighted by atomic mass is 10.0. The number of anilines is 1. The fourth-order valence-electron chi connectivity index (χ4n) is 3.63. The number of nitrogens with zero attached hydrogens (tertiary/aromatic N) is 1. The molecule has 7 nitrogen and oxygen atoms in total. The average molecular weight is 464 g/mol. The van der Waals surface area contributed by atoms with Gasteiger partial charge in [0, 0.05) is 22.4 Å². The molecular weight excluding hydrogens is 442 g/mol. The first-order valence-corrected chi connectivity index (χ1v) is 10.6. The van der Waals surface area contributed by atoms with Crippen molar-refractivity contribution in [1.82, 2.24) is 15.3 Å². The van der Waals surface area contributed by atoms with E-state index in [1.165, 1.54) is 6.07 Å². The van der Waals surface area contributed by atoms with Gasteiger partial charge in [-0.2, -0.15) is 8.78 Å². The van der Waals surface area contributed by atoms with Crippen molar-refractivity contribution in [2.24, 2.45) is 0 Å². The molecule has 174 valence electrons. The van der Waals surface area contributed by atoms with Crippen LogP contribution in [-0.4, -0.2) is 28.4 Å². The van der Waals surface area contributed by atoms with Crippen molar-refractivity contribution in [1.29, 1.82) is 0 Å². The standard InChI is InChI=1S/C25H22F2N4O3/c1-2-19(18-8-3-4-9-22(18)34-25(26)27)31-24(33)15-6-5-7-17(12-15)30-23(32)16-10-11-20-21(13-16)29-14-28-20/h3-14,19,25H,2H2,1H3,(H,28,29)(H,30,32)(H,31,33). The van der Waals surface area contributed by atoms with E-state index in [1.54, 1.807) is 67.0 Å². The highest BCUT2D eigenvalue weighted by atomic mass is 19.3. The molecule has 0 fully saturated rings. The van der Waals surface area contributed by atoms with Crippen LogP contribution in [0.1, 0.15) is 45.7 Å². The van der Waals surface area contributed by atoms with Gasteiger partial charge in [0.2, 0.25) is 0 Å². The second-order valence-corrected chi connectivity index (χ2v) is 7.52. The number of H-pyrrole nitrogens is 1. The smallest absolute Gasteiger partial charge is 0.387 e. The zero-order chi connectivity index (χ0) is 24.1. The SMILES string of the molecule is CCC(NC(=O)c1cccc(NC(=O)c2ccc3nc[nH]c3c2)c1)c1ccccc1OC(F)F. The first kappa shape index (κ1) is 22.9. The Morgan fingerprint density at radius 1 is 1.00 bits per heavy atom. The van der Waals surface area contributed by atoms with Crippen LogP contribution >= 0.6 is 0 Å². The molecule has 0 aliphatic carbocycles. The fraction of sp³-hybridized carbons (Fsp3) is 0.160. The Bertz CT molecular complexity index is 1320. The molecule has 4 aromatic rings. The van der Waals surface area contributed by atoms with Gasteiger partial charge in [0.15, 0.2) is 0 Å². The molecule has 0 saturated heterocycles. The number of carbonyl (C=O) groups excluding carboxylic acids is 2. The number of aromatic amines is 1. The number of amides is 2. The van der Waals surface area contributed by atoms with Gasteiger partial charge in [0.05, 0.1) is 23.4 Å². The van der Waals surface area contributed by atoms with Gasteiger partial charge in [-0.05, 0) is 48.9 Å². The number of alkyl halides is 2. The number of aromatic nitrogens is 2. The zero-order valence-electron chi connectivity index (χ0n) is 18.2. The summed E-state index contributed by atoms with van der Waals surface area (Å²) in [6.45, 7) is -1.14. The Balaban J connectivity index is 1.48. The maximum atomic E-state index is 12.9. The lowest BCUT2D eigenvalue weighted by Gasteiger charge is -2.20. The summed E-state index contributed by atoms with van der Waals surface area (Å²) >= 11 is 0. The highest BCUT2D eigenvalue weighted by Gasteiger charge is 2.20. The number of ether oxygens (including phenoxy) is 1. The number of nitrogens with one attached hydrogen (secondary N) is 3. The van der Waals surface area contributed by atoms with Gasteiger partial charge in [-0.25, -0.2) is 4.98 Å². The summed E-state index contributed by atoms with van der Waals surface area (Å²) in [5, 5.41) is 5.64. The number of carbonyl (C=O) groups is 2. The Labute approximate surface area is 194 Å². The molecule has 0 aliphatic rings. The highest BCUT2D eigenvalue weighted by molar-refractivity contribution is 6.06. The summed E-state index contributed by atoms with van der Waals surface area (Å²) in [5.74, 6) is -0.729. The number of benzene rings is 3. The van der Waals surface area contributed by atoms with Crippen LogP contribution in [0.4, 0.5) is 14.5 Å². The minimum atomic E-state index is -2.97. The van der Waals surface area contributed by atoms with Gasteiger partial charge in [-0.3, -0.25) is 9.59 Å². The van der Waals surface area contributed by atoms with Gasteiger partial charge in [0.1, 0.15) is 5.75 Å². The van der Waals surface area contributed by atoms with Crippen LogP contribution in [-0.2, 0) is 0 Å². The fourth-order valence-corrected chi connectivity index (χ4v) is 3.63. The van der Waals surface area contributed by atoms with Crippen LogP contribution in [0.5, 0.6) is 5.75 Å². The largest absolute Gasteiger partial charge is 0.434 e. The third-order valence-corrected chi connectivity index (χ3v) is 5.29. The van der Waals surface area contributed by atoms with Crippen LogP contribution in [0.25, 0.3) is 11.0 Å². The number of imidazole rings is 1. The highest BCUT2D eigenvalue weighted by Crippen LogP contribution is 2.29. The molecule has 1 aromatic heterocycles. The van der Waals surface area contributed by atoms with E-state index < -0.39 is 18.6 Å². The molecule has 1 atom stereocenters. The third kappa shape index (κ3) is 5.20. The summed E-state index contributed by atoms with van der Waals surface area (Å²) in [7, 11) is 0. The maximum Gasteiger partial charge on any atom is 0.387 e. The lowest BCUT2D eigenvalue weighted by Crippen LogP contribution is -2.28. The Kier molecular flexibility index (Phi) is 6.82. The summed E-state index contributed by atoms with van der Waals surface area (Å²) in [6, 6.07) is 17.4. The molecule has 0 bridgehead atoms. The topological polar surface area (TPSA) is 96.1 Å². The van der Waals surface area contributed by atoms with E-state index >= 15 is 0 Å².